The second kappa shape index (κ2) is 5.57. The molecule has 0 radical (unpaired) electrons. The Kier molecular flexibility index (Phi) is 4.10. The summed E-state index contributed by atoms with van der Waals surface area (Å²) >= 11 is 6.00. The van der Waals surface area contributed by atoms with Crippen LogP contribution in [0.2, 0.25) is 5.02 Å². The quantitative estimate of drug-likeness (QED) is 0.523. The van der Waals surface area contributed by atoms with Gasteiger partial charge in [0, 0.05) is 12.1 Å². The number of imide groups is 1. The Hall–Kier alpha value is -2.15. The van der Waals surface area contributed by atoms with E-state index in [-0.39, 0.29) is 22.3 Å². The zero-order valence-electron chi connectivity index (χ0n) is 12.4. The molecule has 0 aromatic heterocycles. The standard InChI is InChI=1S/C14H16ClN3O4/c1-8(2)7-14(3)12(19)17(13(20)16-14)11-5-4-9(18(21)22)6-10(11)15/h4-6,8H,7H2,1-3H3,(H,16,20)/t14-/m0/s1. The molecule has 0 unspecified atom stereocenters. The number of benzene rings is 1. The lowest BCUT2D eigenvalue weighted by Crippen LogP contribution is -2.45. The summed E-state index contributed by atoms with van der Waals surface area (Å²) in [7, 11) is 0. The van der Waals surface area contributed by atoms with Crippen LogP contribution in [0.25, 0.3) is 0 Å². The van der Waals surface area contributed by atoms with E-state index in [0.29, 0.717) is 6.42 Å². The summed E-state index contributed by atoms with van der Waals surface area (Å²) in [6, 6.07) is 3.05. The van der Waals surface area contributed by atoms with Crippen LogP contribution in [0.3, 0.4) is 0 Å². The van der Waals surface area contributed by atoms with E-state index in [9.17, 15) is 19.7 Å². The zero-order valence-corrected chi connectivity index (χ0v) is 13.2. The molecule has 8 heteroatoms. The number of hydrogen-bond acceptors (Lipinski definition) is 4. The highest BCUT2D eigenvalue weighted by Gasteiger charge is 2.49. The van der Waals surface area contributed by atoms with Crippen LogP contribution < -0.4 is 10.2 Å². The fourth-order valence-electron chi connectivity index (χ4n) is 2.65. The van der Waals surface area contributed by atoms with Gasteiger partial charge in [0.1, 0.15) is 5.54 Å². The van der Waals surface area contributed by atoms with Gasteiger partial charge in [-0.3, -0.25) is 14.9 Å². The first-order chi connectivity index (χ1) is 10.2. The first-order valence-corrected chi connectivity index (χ1v) is 7.14. The molecule has 0 bridgehead atoms. The molecule has 1 N–H and O–H groups in total. The second-order valence-corrected chi connectivity index (χ2v) is 6.30. The van der Waals surface area contributed by atoms with Crippen molar-refractivity contribution in [1.82, 2.24) is 5.32 Å². The molecule has 1 heterocycles. The Morgan fingerprint density at radius 2 is 2.05 bits per heavy atom. The van der Waals surface area contributed by atoms with E-state index < -0.39 is 22.4 Å². The minimum Gasteiger partial charge on any atom is -0.323 e. The second-order valence-electron chi connectivity index (χ2n) is 5.89. The Morgan fingerprint density at radius 1 is 1.41 bits per heavy atom. The molecule has 1 aliphatic heterocycles. The van der Waals surface area contributed by atoms with Gasteiger partial charge < -0.3 is 5.32 Å². The van der Waals surface area contributed by atoms with Crippen LogP contribution in [0, 0.1) is 16.0 Å². The topological polar surface area (TPSA) is 92.6 Å². The third-order valence-corrected chi connectivity index (χ3v) is 3.76. The maximum atomic E-state index is 12.6. The van der Waals surface area contributed by atoms with Crippen molar-refractivity contribution >= 4 is 34.9 Å². The van der Waals surface area contributed by atoms with Crippen LogP contribution in [-0.4, -0.2) is 22.4 Å². The van der Waals surface area contributed by atoms with Crippen LogP contribution in [0.5, 0.6) is 0 Å². The van der Waals surface area contributed by atoms with Gasteiger partial charge in [-0.1, -0.05) is 25.4 Å². The average Bonchev–Trinajstić information content (AvgIpc) is 2.59. The molecule has 1 aromatic carbocycles. The molecule has 2 rings (SSSR count). The summed E-state index contributed by atoms with van der Waals surface area (Å²) in [5.74, 6) is -0.205. The van der Waals surface area contributed by atoms with E-state index in [1.807, 2.05) is 13.8 Å². The molecule has 1 aliphatic rings. The number of anilines is 1. The van der Waals surface area contributed by atoms with Gasteiger partial charge in [0.15, 0.2) is 0 Å². The maximum Gasteiger partial charge on any atom is 0.329 e. The monoisotopic (exact) mass is 325 g/mol. The first-order valence-electron chi connectivity index (χ1n) is 6.76. The van der Waals surface area contributed by atoms with E-state index >= 15 is 0 Å². The van der Waals surface area contributed by atoms with Crippen molar-refractivity contribution in [2.75, 3.05) is 4.90 Å². The normalized spacial score (nSPS) is 21.4. The number of nitro groups is 1. The lowest BCUT2D eigenvalue weighted by Gasteiger charge is -2.23. The lowest BCUT2D eigenvalue weighted by atomic mass is 9.91. The predicted molar refractivity (Wildman–Crippen MR) is 82.0 cm³/mol. The number of nitro benzene ring substituents is 1. The van der Waals surface area contributed by atoms with Crippen LogP contribution >= 0.6 is 11.6 Å². The molecule has 0 aliphatic carbocycles. The minimum absolute atomic E-state index is 0.0218. The molecular weight excluding hydrogens is 310 g/mol. The van der Waals surface area contributed by atoms with Gasteiger partial charge in [-0.15, -0.1) is 0 Å². The number of hydrogen-bond donors (Lipinski definition) is 1. The number of amides is 3. The van der Waals surface area contributed by atoms with Crippen molar-refractivity contribution < 1.29 is 14.5 Å². The van der Waals surface area contributed by atoms with E-state index in [1.165, 1.54) is 12.1 Å². The highest BCUT2D eigenvalue weighted by molar-refractivity contribution is 6.36. The van der Waals surface area contributed by atoms with Crippen molar-refractivity contribution in [3.63, 3.8) is 0 Å². The van der Waals surface area contributed by atoms with Crippen LogP contribution in [0.1, 0.15) is 27.2 Å². The van der Waals surface area contributed by atoms with Crippen molar-refractivity contribution in [2.45, 2.75) is 32.7 Å². The third kappa shape index (κ3) is 2.76. The summed E-state index contributed by atoms with van der Waals surface area (Å²) < 4.78 is 0. The summed E-state index contributed by atoms with van der Waals surface area (Å²) in [4.78, 5) is 35.8. The molecule has 0 saturated carbocycles. The fourth-order valence-corrected chi connectivity index (χ4v) is 2.91. The number of non-ortho nitro benzene ring substituents is 1. The number of carbonyl (C=O) groups is 2. The Balaban J connectivity index is 2.39. The predicted octanol–water partition coefficient (Wildman–Crippen LogP) is 3.11. The molecule has 1 fully saturated rings. The third-order valence-electron chi connectivity index (χ3n) is 3.46. The van der Waals surface area contributed by atoms with Crippen molar-refractivity contribution in [2.24, 2.45) is 5.92 Å². The summed E-state index contributed by atoms with van der Waals surface area (Å²) in [5, 5.41) is 13.4. The number of nitrogens with one attached hydrogen (secondary N) is 1. The van der Waals surface area contributed by atoms with Gasteiger partial charge in [-0.2, -0.15) is 0 Å². The number of nitrogens with zero attached hydrogens (tertiary/aromatic N) is 2. The number of halogens is 1. The Labute approximate surface area is 132 Å². The molecule has 1 aromatic rings. The van der Waals surface area contributed by atoms with Gasteiger partial charge >= 0.3 is 6.03 Å². The summed E-state index contributed by atoms with van der Waals surface area (Å²) in [5.41, 5.74) is -1.07. The molecular formula is C14H16ClN3O4. The van der Waals surface area contributed by atoms with Gasteiger partial charge in [0.05, 0.1) is 15.6 Å². The number of carbonyl (C=O) groups excluding carboxylic acids is 2. The SMILES string of the molecule is CC(C)C[C@]1(C)NC(=O)N(c2ccc([N+](=O)[O-])cc2Cl)C1=O. The highest BCUT2D eigenvalue weighted by Crippen LogP contribution is 2.35. The molecule has 118 valence electrons. The minimum atomic E-state index is -1.00. The Morgan fingerprint density at radius 3 is 2.55 bits per heavy atom. The fraction of sp³-hybridized carbons (Fsp3) is 0.429. The number of urea groups is 1. The van der Waals surface area contributed by atoms with E-state index in [2.05, 4.69) is 5.32 Å². The number of rotatable bonds is 4. The molecule has 3 amide bonds. The van der Waals surface area contributed by atoms with Crippen LogP contribution in [0.4, 0.5) is 16.2 Å². The van der Waals surface area contributed by atoms with Crippen molar-refractivity contribution in [3.8, 4) is 0 Å². The van der Waals surface area contributed by atoms with Gasteiger partial charge in [-0.25, -0.2) is 9.69 Å². The molecule has 0 spiro atoms. The van der Waals surface area contributed by atoms with Crippen molar-refractivity contribution in [3.05, 3.63) is 33.3 Å². The molecule has 22 heavy (non-hydrogen) atoms. The van der Waals surface area contributed by atoms with Gasteiger partial charge in [0.25, 0.3) is 11.6 Å². The highest BCUT2D eigenvalue weighted by atomic mass is 35.5. The largest absolute Gasteiger partial charge is 0.329 e. The first kappa shape index (κ1) is 16.2. The maximum absolute atomic E-state index is 12.6. The van der Waals surface area contributed by atoms with E-state index in [0.717, 1.165) is 11.0 Å². The molecule has 7 nitrogen and oxygen atoms in total. The average molecular weight is 326 g/mol. The van der Waals surface area contributed by atoms with E-state index in [4.69, 9.17) is 11.6 Å². The van der Waals surface area contributed by atoms with Gasteiger partial charge in [-0.05, 0) is 25.3 Å². The Bertz CT molecular complexity index is 661. The summed E-state index contributed by atoms with van der Waals surface area (Å²) in [6.07, 6.45) is 0.485. The zero-order chi connectivity index (χ0) is 16.7. The smallest absolute Gasteiger partial charge is 0.323 e. The van der Waals surface area contributed by atoms with Crippen molar-refractivity contribution in [1.29, 1.82) is 0 Å². The van der Waals surface area contributed by atoms with E-state index in [1.54, 1.807) is 6.92 Å². The molecule has 1 atom stereocenters. The van der Waals surface area contributed by atoms with Gasteiger partial charge in [0.2, 0.25) is 0 Å². The summed E-state index contributed by atoms with van der Waals surface area (Å²) in [6.45, 7) is 5.56. The van der Waals surface area contributed by atoms with Crippen LogP contribution in [0.15, 0.2) is 18.2 Å². The molecule has 1 saturated heterocycles. The lowest BCUT2D eigenvalue weighted by molar-refractivity contribution is -0.384. The van der Waals surface area contributed by atoms with Crippen LogP contribution in [-0.2, 0) is 4.79 Å².